The minimum atomic E-state index is 0.547. The van der Waals surface area contributed by atoms with Gasteiger partial charge in [-0.3, -0.25) is 9.13 Å². The number of para-hydroxylation sites is 2. The second-order valence-corrected chi connectivity index (χ2v) is 15.7. The monoisotopic (exact) mass is 791 g/mol. The molecule has 0 aliphatic heterocycles. The van der Waals surface area contributed by atoms with E-state index >= 15 is 0 Å². The van der Waals surface area contributed by atoms with Crippen molar-refractivity contribution in [1.82, 2.24) is 24.1 Å². The molecule has 3 aromatic heterocycles. The minimum Gasteiger partial charge on any atom is -0.278 e. The summed E-state index contributed by atoms with van der Waals surface area (Å²) in [6, 6.07) is 79.3. The van der Waals surface area contributed by atoms with Gasteiger partial charge in [0.1, 0.15) is 0 Å². The molecule has 0 saturated carbocycles. The molecule has 12 rings (SSSR count). The zero-order valence-corrected chi connectivity index (χ0v) is 33.6. The molecule has 0 bridgehead atoms. The number of nitrogens with zero attached hydrogens (tertiary/aromatic N) is 5. The van der Waals surface area contributed by atoms with Crippen molar-refractivity contribution in [3.05, 3.63) is 224 Å². The lowest BCUT2D eigenvalue weighted by Crippen LogP contribution is -2.10. The van der Waals surface area contributed by atoms with Crippen molar-refractivity contribution in [2.75, 3.05) is 0 Å². The van der Waals surface area contributed by atoms with Crippen LogP contribution in [0.5, 0.6) is 0 Å². The molecule has 0 fully saturated rings. The Labute approximate surface area is 358 Å². The fourth-order valence-electron chi connectivity index (χ4n) is 9.00. The quantitative estimate of drug-likeness (QED) is 0.162. The second kappa shape index (κ2) is 14.7. The molecular formula is C57H37N5. The zero-order chi connectivity index (χ0) is 41.0. The van der Waals surface area contributed by atoms with E-state index in [9.17, 15) is 0 Å². The molecular weight excluding hydrogens is 755 g/mol. The van der Waals surface area contributed by atoms with Gasteiger partial charge in [-0.15, -0.1) is 0 Å². The average molecular weight is 792 g/mol. The van der Waals surface area contributed by atoms with Crippen LogP contribution in [0.1, 0.15) is 0 Å². The second-order valence-electron chi connectivity index (χ2n) is 15.7. The highest BCUT2D eigenvalue weighted by atomic mass is 15.3. The van der Waals surface area contributed by atoms with E-state index < -0.39 is 0 Å². The predicted octanol–water partition coefficient (Wildman–Crippen LogP) is 14.4. The van der Waals surface area contributed by atoms with Gasteiger partial charge in [-0.1, -0.05) is 194 Å². The number of rotatable bonds is 7. The van der Waals surface area contributed by atoms with E-state index in [2.05, 4.69) is 234 Å². The van der Waals surface area contributed by atoms with Gasteiger partial charge in [0.2, 0.25) is 11.9 Å². The van der Waals surface area contributed by atoms with Crippen LogP contribution >= 0.6 is 0 Å². The molecule has 0 aliphatic carbocycles. The van der Waals surface area contributed by atoms with Gasteiger partial charge in [-0.2, -0.15) is 15.0 Å². The van der Waals surface area contributed by atoms with Crippen LogP contribution in [-0.2, 0) is 0 Å². The highest BCUT2D eigenvalue weighted by Gasteiger charge is 2.21. The molecule has 0 N–H and O–H groups in total. The van der Waals surface area contributed by atoms with Crippen molar-refractivity contribution in [2.45, 2.75) is 0 Å². The Bertz CT molecular complexity index is 3430. The standard InChI is InChI=1S/C57H37N5/c1-4-15-38(16-5-1)43-21-14-22-44(35-43)41-27-29-42(30-28-41)55-58-56(61-51-25-12-10-23-47(51)49-33-31-45(36-53(49)61)39-17-6-2-7-18-39)60-57(59-55)62-52-26-13-11-24-48(52)50-34-32-46(37-54(50)62)40-19-8-3-9-20-40/h1-37H. The minimum absolute atomic E-state index is 0.547. The fraction of sp³-hybridized carbons (Fsp3) is 0. The van der Waals surface area contributed by atoms with E-state index in [1.807, 2.05) is 0 Å². The van der Waals surface area contributed by atoms with Gasteiger partial charge in [-0.25, -0.2) is 0 Å². The van der Waals surface area contributed by atoms with Crippen molar-refractivity contribution in [1.29, 1.82) is 0 Å². The smallest absolute Gasteiger partial charge is 0.240 e. The third-order valence-corrected chi connectivity index (χ3v) is 12.0. The topological polar surface area (TPSA) is 48.5 Å². The molecule has 0 unspecified atom stereocenters. The number of fused-ring (bicyclic) bond motifs is 6. The summed E-state index contributed by atoms with van der Waals surface area (Å²) in [4.78, 5) is 16.2. The van der Waals surface area contributed by atoms with Crippen molar-refractivity contribution in [3.63, 3.8) is 0 Å². The van der Waals surface area contributed by atoms with E-state index in [1.54, 1.807) is 0 Å². The highest BCUT2D eigenvalue weighted by Crippen LogP contribution is 2.38. The van der Waals surface area contributed by atoms with Crippen LogP contribution in [-0.4, -0.2) is 24.1 Å². The Hall–Kier alpha value is -8.41. The lowest BCUT2D eigenvalue weighted by atomic mass is 9.98. The number of hydrogen-bond acceptors (Lipinski definition) is 3. The van der Waals surface area contributed by atoms with Crippen LogP contribution in [0.4, 0.5) is 0 Å². The van der Waals surface area contributed by atoms with E-state index in [1.165, 1.54) is 11.1 Å². The summed E-state index contributed by atoms with van der Waals surface area (Å²) >= 11 is 0. The van der Waals surface area contributed by atoms with E-state index in [0.717, 1.165) is 82.6 Å². The van der Waals surface area contributed by atoms with Crippen molar-refractivity contribution in [2.24, 2.45) is 0 Å². The van der Waals surface area contributed by atoms with Crippen molar-refractivity contribution >= 4 is 43.6 Å². The van der Waals surface area contributed by atoms with Gasteiger partial charge in [0.15, 0.2) is 5.82 Å². The van der Waals surface area contributed by atoms with Crippen LogP contribution in [0, 0.1) is 0 Å². The van der Waals surface area contributed by atoms with Crippen LogP contribution in [0.2, 0.25) is 0 Å². The molecule has 0 aliphatic rings. The Balaban J connectivity index is 1.10. The van der Waals surface area contributed by atoms with Gasteiger partial charge < -0.3 is 0 Å². The first kappa shape index (κ1) is 35.5. The Morgan fingerprint density at radius 3 is 1.03 bits per heavy atom. The highest BCUT2D eigenvalue weighted by molar-refractivity contribution is 6.11. The van der Waals surface area contributed by atoms with Crippen LogP contribution in [0.15, 0.2) is 224 Å². The first-order chi connectivity index (χ1) is 30.7. The average Bonchev–Trinajstić information content (AvgIpc) is 3.87. The first-order valence-corrected chi connectivity index (χ1v) is 20.9. The SMILES string of the molecule is c1ccc(-c2cccc(-c3ccc(-c4nc(-n5c6ccccc6c6ccc(-c7ccccc7)cc65)nc(-n5c6ccccc6c6ccc(-c7ccccc7)cc65)n4)cc3)c2)cc1. The van der Waals surface area contributed by atoms with Gasteiger partial charge >= 0.3 is 0 Å². The summed E-state index contributed by atoms with van der Waals surface area (Å²) in [5, 5.41) is 4.54. The molecule has 0 spiro atoms. The predicted molar refractivity (Wildman–Crippen MR) is 256 cm³/mol. The lowest BCUT2D eigenvalue weighted by Gasteiger charge is -2.13. The lowest BCUT2D eigenvalue weighted by molar-refractivity contribution is 0.893. The molecule has 9 aromatic carbocycles. The third kappa shape index (κ3) is 6.06. The summed E-state index contributed by atoms with van der Waals surface area (Å²) < 4.78 is 4.41. The van der Waals surface area contributed by atoms with Crippen molar-refractivity contribution in [3.8, 4) is 67.8 Å². The van der Waals surface area contributed by atoms with Crippen molar-refractivity contribution < 1.29 is 0 Å². The Morgan fingerprint density at radius 2 is 0.565 bits per heavy atom. The summed E-state index contributed by atoms with van der Waals surface area (Å²) in [5.41, 5.74) is 14.2. The molecule has 5 heteroatoms. The fourth-order valence-corrected chi connectivity index (χ4v) is 9.00. The number of aromatic nitrogens is 5. The molecule has 0 amide bonds. The molecule has 5 nitrogen and oxygen atoms in total. The van der Waals surface area contributed by atoms with Gasteiger partial charge in [0, 0.05) is 27.1 Å². The summed E-state index contributed by atoms with van der Waals surface area (Å²) in [6.45, 7) is 0. The van der Waals surface area contributed by atoms with E-state index in [4.69, 9.17) is 15.0 Å². The van der Waals surface area contributed by atoms with Crippen LogP contribution in [0.25, 0.3) is 111 Å². The number of benzene rings is 9. The molecule has 12 aromatic rings. The maximum absolute atomic E-state index is 5.46. The normalized spacial score (nSPS) is 11.5. The molecule has 0 radical (unpaired) electrons. The van der Waals surface area contributed by atoms with Gasteiger partial charge in [-0.05, 0) is 74.8 Å². The van der Waals surface area contributed by atoms with Gasteiger partial charge in [0.05, 0.1) is 22.1 Å². The molecule has 0 atom stereocenters. The summed E-state index contributed by atoms with van der Waals surface area (Å²) in [6.07, 6.45) is 0. The Morgan fingerprint density at radius 1 is 0.226 bits per heavy atom. The van der Waals surface area contributed by atoms with E-state index in [-0.39, 0.29) is 0 Å². The molecule has 3 heterocycles. The summed E-state index contributed by atoms with van der Waals surface area (Å²) in [5.74, 6) is 1.68. The zero-order valence-electron chi connectivity index (χ0n) is 33.6. The first-order valence-electron chi connectivity index (χ1n) is 20.9. The maximum atomic E-state index is 5.46. The largest absolute Gasteiger partial charge is 0.278 e. The van der Waals surface area contributed by atoms with Crippen LogP contribution < -0.4 is 0 Å². The number of hydrogen-bond donors (Lipinski definition) is 0. The third-order valence-electron chi connectivity index (χ3n) is 12.0. The van der Waals surface area contributed by atoms with Gasteiger partial charge in [0.25, 0.3) is 0 Å². The molecule has 0 saturated heterocycles. The molecule has 290 valence electrons. The molecule has 62 heavy (non-hydrogen) atoms. The Kier molecular flexibility index (Phi) is 8.42. The maximum Gasteiger partial charge on any atom is 0.240 e. The summed E-state index contributed by atoms with van der Waals surface area (Å²) in [7, 11) is 0. The van der Waals surface area contributed by atoms with Crippen LogP contribution in [0.3, 0.4) is 0 Å². The van der Waals surface area contributed by atoms with E-state index in [0.29, 0.717) is 17.7 Å².